The van der Waals surface area contributed by atoms with Gasteiger partial charge in [0.05, 0.1) is 0 Å². The molecule has 5 nitrogen and oxygen atoms in total. The van der Waals surface area contributed by atoms with Crippen molar-refractivity contribution in [2.75, 3.05) is 6.54 Å². The standard InChI is InChI=1S/C14H24N2O3/c17-13(18)12-9-5-2-6-10-16(12)14(19)15-11-7-3-1-4-8-11/h11-12H,1-10H2,(H,15,19)(H,17,18). The Hall–Kier alpha value is -1.26. The predicted molar refractivity (Wildman–Crippen MR) is 72.0 cm³/mol. The van der Waals surface area contributed by atoms with Gasteiger partial charge in [0.25, 0.3) is 0 Å². The van der Waals surface area contributed by atoms with E-state index in [-0.39, 0.29) is 12.1 Å². The number of aliphatic carboxylic acids is 1. The largest absolute Gasteiger partial charge is 0.480 e. The number of amides is 2. The number of hydrogen-bond acceptors (Lipinski definition) is 2. The SMILES string of the molecule is O=C(O)C1CCCCCN1C(=O)NC1CCCCC1. The molecular weight excluding hydrogens is 244 g/mol. The summed E-state index contributed by atoms with van der Waals surface area (Å²) < 4.78 is 0. The number of hydrogen-bond donors (Lipinski definition) is 2. The van der Waals surface area contributed by atoms with Crippen molar-refractivity contribution in [3.63, 3.8) is 0 Å². The van der Waals surface area contributed by atoms with Crippen LogP contribution in [0.1, 0.15) is 57.8 Å². The molecule has 2 aliphatic rings. The zero-order valence-electron chi connectivity index (χ0n) is 11.4. The van der Waals surface area contributed by atoms with E-state index in [0.717, 1.165) is 44.9 Å². The first kappa shape index (κ1) is 14.2. The van der Waals surface area contributed by atoms with Crippen molar-refractivity contribution in [2.45, 2.75) is 69.9 Å². The molecule has 1 saturated carbocycles. The molecule has 1 heterocycles. The Labute approximate surface area is 114 Å². The molecular formula is C14H24N2O3. The van der Waals surface area contributed by atoms with E-state index in [1.54, 1.807) is 0 Å². The Kier molecular flexibility index (Phi) is 5.05. The molecule has 0 aromatic rings. The lowest BCUT2D eigenvalue weighted by molar-refractivity contribution is -0.142. The molecule has 1 aliphatic carbocycles. The summed E-state index contributed by atoms with van der Waals surface area (Å²) in [6.45, 7) is 0.565. The monoisotopic (exact) mass is 268 g/mol. The molecule has 19 heavy (non-hydrogen) atoms. The van der Waals surface area contributed by atoms with Crippen molar-refractivity contribution < 1.29 is 14.7 Å². The number of nitrogens with zero attached hydrogens (tertiary/aromatic N) is 1. The molecule has 108 valence electrons. The summed E-state index contributed by atoms with van der Waals surface area (Å²) in [5.74, 6) is -0.874. The maximum absolute atomic E-state index is 12.3. The highest BCUT2D eigenvalue weighted by Gasteiger charge is 2.31. The van der Waals surface area contributed by atoms with Crippen molar-refractivity contribution in [2.24, 2.45) is 0 Å². The van der Waals surface area contributed by atoms with Crippen LogP contribution in [0.25, 0.3) is 0 Å². The number of carbonyl (C=O) groups is 2. The summed E-state index contributed by atoms with van der Waals surface area (Å²) in [5, 5.41) is 12.3. The van der Waals surface area contributed by atoms with Crippen LogP contribution in [0.4, 0.5) is 4.79 Å². The van der Waals surface area contributed by atoms with Gasteiger partial charge in [0, 0.05) is 12.6 Å². The summed E-state index contributed by atoms with van der Waals surface area (Å²) in [5.41, 5.74) is 0. The van der Waals surface area contributed by atoms with E-state index in [4.69, 9.17) is 0 Å². The second kappa shape index (κ2) is 6.78. The summed E-state index contributed by atoms with van der Waals surface area (Å²) >= 11 is 0. The van der Waals surface area contributed by atoms with Crippen LogP contribution in [0.2, 0.25) is 0 Å². The minimum absolute atomic E-state index is 0.179. The van der Waals surface area contributed by atoms with Crippen molar-refractivity contribution in [3.8, 4) is 0 Å². The third-order valence-electron chi connectivity index (χ3n) is 4.23. The van der Waals surface area contributed by atoms with Crippen LogP contribution in [0.15, 0.2) is 0 Å². The minimum Gasteiger partial charge on any atom is -0.480 e. The summed E-state index contributed by atoms with van der Waals surface area (Å²) in [6.07, 6.45) is 9.00. The van der Waals surface area contributed by atoms with E-state index >= 15 is 0 Å². The average molecular weight is 268 g/mol. The highest BCUT2D eigenvalue weighted by atomic mass is 16.4. The van der Waals surface area contributed by atoms with E-state index in [1.165, 1.54) is 11.3 Å². The number of urea groups is 1. The molecule has 1 atom stereocenters. The van der Waals surface area contributed by atoms with Crippen LogP contribution < -0.4 is 5.32 Å². The first-order valence-electron chi connectivity index (χ1n) is 7.48. The molecule has 2 rings (SSSR count). The zero-order valence-corrected chi connectivity index (χ0v) is 11.4. The van der Waals surface area contributed by atoms with Crippen molar-refractivity contribution >= 4 is 12.0 Å². The quantitative estimate of drug-likeness (QED) is 0.807. The number of carbonyl (C=O) groups excluding carboxylic acids is 1. The molecule has 1 unspecified atom stereocenters. The number of nitrogens with one attached hydrogen (secondary N) is 1. The van der Waals surface area contributed by atoms with Gasteiger partial charge in [-0.25, -0.2) is 9.59 Å². The summed E-state index contributed by atoms with van der Waals surface area (Å²) in [6, 6.07) is -0.591. The number of carboxylic acids is 1. The lowest BCUT2D eigenvalue weighted by Gasteiger charge is -2.30. The molecule has 1 aliphatic heterocycles. The van der Waals surface area contributed by atoms with E-state index in [9.17, 15) is 14.7 Å². The molecule has 0 aromatic heterocycles. The molecule has 0 aromatic carbocycles. The van der Waals surface area contributed by atoms with Crippen LogP contribution in [0, 0.1) is 0 Å². The van der Waals surface area contributed by atoms with Gasteiger partial charge in [-0.1, -0.05) is 32.1 Å². The van der Waals surface area contributed by atoms with E-state index < -0.39 is 12.0 Å². The fraction of sp³-hybridized carbons (Fsp3) is 0.857. The van der Waals surface area contributed by atoms with Gasteiger partial charge in [0.15, 0.2) is 0 Å². The highest BCUT2D eigenvalue weighted by Crippen LogP contribution is 2.20. The van der Waals surface area contributed by atoms with Gasteiger partial charge in [-0.3, -0.25) is 0 Å². The Morgan fingerprint density at radius 2 is 1.58 bits per heavy atom. The molecule has 0 spiro atoms. The first-order valence-corrected chi connectivity index (χ1v) is 7.48. The van der Waals surface area contributed by atoms with Crippen molar-refractivity contribution in [3.05, 3.63) is 0 Å². The van der Waals surface area contributed by atoms with Gasteiger partial charge in [-0.15, -0.1) is 0 Å². The van der Waals surface area contributed by atoms with Gasteiger partial charge >= 0.3 is 12.0 Å². The fourth-order valence-corrected chi connectivity index (χ4v) is 3.11. The fourth-order valence-electron chi connectivity index (χ4n) is 3.11. The number of rotatable bonds is 2. The third kappa shape index (κ3) is 3.85. The lowest BCUT2D eigenvalue weighted by Crippen LogP contribution is -2.52. The van der Waals surface area contributed by atoms with Crippen molar-refractivity contribution in [1.29, 1.82) is 0 Å². The average Bonchev–Trinajstić information content (AvgIpc) is 2.65. The predicted octanol–water partition coefficient (Wildman–Crippen LogP) is 2.36. The number of carboxylic acid groups (broad SMARTS) is 1. The van der Waals surface area contributed by atoms with E-state index in [2.05, 4.69) is 5.32 Å². The smallest absolute Gasteiger partial charge is 0.326 e. The maximum atomic E-state index is 12.3. The van der Waals surface area contributed by atoms with Gasteiger partial charge in [0.2, 0.25) is 0 Å². The molecule has 2 amide bonds. The number of likely N-dealkylation sites (tertiary alicyclic amines) is 1. The molecule has 5 heteroatoms. The Morgan fingerprint density at radius 3 is 2.26 bits per heavy atom. The minimum atomic E-state index is -0.874. The molecule has 2 N–H and O–H groups in total. The van der Waals surface area contributed by atoms with Crippen molar-refractivity contribution in [1.82, 2.24) is 10.2 Å². The second-order valence-electron chi connectivity index (χ2n) is 5.68. The van der Waals surface area contributed by atoms with Crippen LogP contribution in [-0.2, 0) is 4.79 Å². The third-order valence-corrected chi connectivity index (χ3v) is 4.23. The van der Waals surface area contributed by atoms with Gasteiger partial charge in [-0.05, 0) is 25.7 Å². The highest BCUT2D eigenvalue weighted by molar-refractivity contribution is 5.82. The Balaban J connectivity index is 1.95. The van der Waals surface area contributed by atoms with Crippen LogP contribution in [0.3, 0.4) is 0 Å². The van der Waals surface area contributed by atoms with Crippen LogP contribution in [0.5, 0.6) is 0 Å². The Bertz CT molecular complexity index is 327. The van der Waals surface area contributed by atoms with Crippen LogP contribution >= 0.6 is 0 Å². The van der Waals surface area contributed by atoms with E-state index in [0.29, 0.717) is 13.0 Å². The molecule has 0 bridgehead atoms. The zero-order chi connectivity index (χ0) is 13.7. The second-order valence-corrected chi connectivity index (χ2v) is 5.68. The van der Waals surface area contributed by atoms with Gasteiger partial charge in [0.1, 0.15) is 6.04 Å². The van der Waals surface area contributed by atoms with E-state index in [1.807, 2.05) is 0 Å². The molecule has 1 saturated heterocycles. The topological polar surface area (TPSA) is 69.6 Å². The lowest BCUT2D eigenvalue weighted by atomic mass is 9.96. The van der Waals surface area contributed by atoms with Gasteiger partial charge in [-0.2, -0.15) is 0 Å². The van der Waals surface area contributed by atoms with Crippen LogP contribution in [-0.4, -0.2) is 40.6 Å². The summed E-state index contributed by atoms with van der Waals surface area (Å²) in [4.78, 5) is 25.1. The summed E-state index contributed by atoms with van der Waals surface area (Å²) in [7, 11) is 0. The first-order chi connectivity index (χ1) is 9.18. The van der Waals surface area contributed by atoms with Gasteiger partial charge < -0.3 is 15.3 Å². The molecule has 0 radical (unpaired) electrons. The molecule has 2 fully saturated rings. The maximum Gasteiger partial charge on any atom is 0.326 e. The Morgan fingerprint density at radius 1 is 0.947 bits per heavy atom. The normalized spacial score (nSPS) is 25.7.